The quantitative estimate of drug-likeness (QED) is 0.663. The van der Waals surface area contributed by atoms with Gasteiger partial charge in [-0.25, -0.2) is 9.18 Å². The van der Waals surface area contributed by atoms with Crippen molar-refractivity contribution >= 4 is 17.6 Å². The molecule has 1 saturated heterocycles. The first-order valence-corrected chi connectivity index (χ1v) is 5.79. The number of hydrogen-bond acceptors (Lipinski definition) is 4. The SMILES string of the molecule is O=C(c1ccc([N+](=O)[O-])cc1)N1CCC(F)(C(=O)O)C1. The van der Waals surface area contributed by atoms with E-state index in [2.05, 4.69) is 0 Å². The third kappa shape index (κ3) is 2.44. The number of nitro benzene ring substituents is 1. The number of aliphatic carboxylic acids is 1. The molecule has 1 aliphatic rings. The zero-order valence-corrected chi connectivity index (χ0v) is 10.3. The van der Waals surface area contributed by atoms with Crippen LogP contribution in [0.1, 0.15) is 16.8 Å². The van der Waals surface area contributed by atoms with Crippen molar-refractivity contribution in [2.75, 3.05) is 13.1 Å². The van der Waals surface area contributed by atoms with Gasteiger partial charge in [0.25, 0.3) is 11.6 Å². The average molecular weight is 282 g/mol. The lowest BCUT2D eigenvalue weighted by Gasteiger charge is -2.17. The van der Waals surface area contributed by atoms with Gasteiger partial charge >= 0.3 is 5.97 Å². The topological polar surface area (TPSA) is 101 Å². The van der Waals surface area contributed by atoms with Gasteiger partial charge in [-0.1, -0.05) is 0 Å². The number of carboxylic acid groups (broad SMARTS) is 1. The van der Waals surface area contributed by atoms with E-state index < -0.39 is 29.0 Å². The van der Waals surface area contributed by atoms with Gasteiger partial charge < -0.3 is 10.0 Å². The molecule has 1 fully saturated rings. The van der Waals surface area contributed by atoms with E-state index >= 15 is 0 Å². The van der Waals surface area contributed by atoms with Crippen LogP contribution < -0.4 is 0 Å². The van der Waals surface area contributed by atoms with Gasteiger partial charge in [0, 0.05) is 30.7 Å². The summed E-state index contributed by atoms with van der Waals surface area (Å²) < 4.78 is 13.8. The Labute approximate surface area is 112 Å². The Kier molecular flexibility index (Phi) is 3.39. The van der Waals surface area contributed by atoms with Crippen LogP contribution in [0, 0.1) is 10.1 Å². The number of alkyl halides is 1. The maximum absolute atomic E-state index is 13.8. The van der Waals surface area contributed by atoms with Gasteiger partial charge in [-0.15, -0.1) is 0 Å². The Balaban J connectivity index is 2.13. The lowest BCUT2D eigenvalue weighted by atomic mass is 10.1. The van der Waals surface area contributed by atoms with Crippen LogP contribution in [-0.2, 0) is 4.79 Å². The monoisotopic (exact) mass is 282 g/mol. The number of carbonyl (C=O) groups is 2. The van der Waals surface area contributed by atoms with Crippen LogP contribution >= 0.6 is 0 Å². The number of non-ortho nitro benzene ring substituents is 1. The van der Waals surface area contributed by atoms with Gasteiger partial charge in [0.1, 0.15) is 0 Å². The molecule has 7 nitrogen and oxygen atoms in total. The molecule has 0 radical (unpaired) electrons. The van der Waals surface area contributed by atoms with Crippen molar-refractivity contribution in [1.82, 2.24) is 4.90 Å². The standard InChI is InChI=1S/C12H11FN2O5/c13-12(11(17)18)5-6-14(7-12)10(16)8-1-3-9(4-2-8)15(19)20/h1-4H,5-7H2,(H,17,18). The van der Waals surface area contributed by atoms with Gasteiger partial charge in [-0.2, -0.15) is 0 Å². The van der Waals surface area contributed by atoms with Gasteiger partial charge in [0.2, 0.25) is 5.67 Å². The van der Waals surface area contributed by atoms with E-state index in [1.54, 1.807) is 0 Å². The van der Waals surface area contributed by atoms with E-state index in [0.717, 1.165) is 4.90 Å². The van der Waals surface area contributed by atoms with Crippen LogP contribution in [0.2, 0.25) is 0 Å². The smallest absolute Gasteiger partial charge is 0.343 e. The molecule has 1 unspecified atom stereocenters. The van der Waals surface area contributed by atoms with Crippen molar-refractivity contribution < 1.29 is 24.0 Å². The molecule has 1 aromatic carbocycles. The van der Waals surface area contributed by atoms with Crippen LogP contribution in [0.5, 0.6) is 0 Å². The molecule has 1 heterocycles. The van der Waals surface area contributed by atoms with E-state index in [4.69, 9.17) is 5.11 Å². The Hall–Kier alpha value is -2.51. The maximum atomic E-state index is 13.8. The number of carbonyl (C=O) groups excluding carboxylic acids is 1. The third-order valence-corrected chi connectivity index (χ3v) is 3.22. The zero-order chi connectivity index (χ0) is 14.9. The number of hydrogen-bond donors (Lipinski definition) is 1. The van der Waals surface area contributed by atoms with Crippen molar-refractivity contribution in [2.24, 2.45) is 0 Å². The number of nitro groups is 1. The highest BCUT2D eigenvalue weighted by molar-refractivity contribution is 5.95. The van der Waals surface area contributed by atoms with E-state index in [9.17, 15) is 24.1 Å². The molecule has 20 heavy (non-hydrogen) atoms. The fourth-order valence-electron chi connectivity index (χ4n) is 2.03. The highest BCUT2D eigenvalue weighted by atomic mass is 19.1. The summed E-state index contributed by atoms with van der Waals surface area (Å²) in [6.07, 6.45) is -0.263. The van der Waals surface area contributed by atoms with E-state index in [0.29, 0.717) is 0 Å². The molecular weight excluding hydrogens is 271 g/mol. The lowest BCUT2D eigenvalue weighted by Crippen LogP contribution is -2.38. The highest BCUT2D eigenvalue weighted by Gasteiger charge is 2.46. The molecule has 8 heteroatoms. The largest absolute Gasteiger partial charge is 0.479 e. The molecule has 0 aromatic heterocycles. The maximum Gasteiger partial charge on any atom is 0.343 e. The average Bonchev–Trinajstić information content (AvgIpc) is 2.82. The minimum Gasteiger partial charge on any atom is -0.479 e. The molecule has 1 atom stereocenters. The van der Waals surface area contributed by atoms with Crippen molar-refractivity contribution in [1.29, 1.82) is 0 Å². The van der Waals surface area contributed by atoms with Crippen molar-refractivity contribution in [3.63, 3.8) is 0 Å². The third-order valence-electron chi connectivity index (χ3n) is 3.22. The lowest BCUT2D eigenvalue weighted by molar-refractivity contribution is -0.384. The van der Waals surface area contributed by atoms with E-state index in [1.807, 2.05) is 0 Å². The summed E-state index contributed by atoms with van der Waals surface area (Å²) in [5.41, 5.74) is -2.42. The van der Waals surface area contributed by atoms with E-state index in [-0.39, 0.29) is 24.2 Å². The van der Waals surface area contributed by atoms with Gasteiger partial charge in [-0.05, 0) is 12.1 Å². The van der Waals surface area contributed by atoms with Gasteiger partial charge in [0.05, 0.1) is 11.5 Å². The number of rotatable bonds is 3. The Morgan fingerprint density at radius 1 is 1.35 bits per heavy atom. The van der Waals surface area contributed by atoms with Crippen molar-refractivity contribution in [3.8, 4) is 0 Å². The van der Waals surface area contributed by atoms with Crippen LogP contribution in [0.15, 0.2) is 24.3 Å². The summed E-state index contributed by atoms with van der Waals surface area (Å²) in [7, 11) is 0. The first kappa shape index (κ1) is 13.9. The first-order valence-electron chi connectivity index (χ1n) is 5.79. The molecule has 0 bridgehead atoms. The summed E-state index contributed by atoms with van der Waals surface area (Å²) in [5, 5.41) is 19.2. The Morgan fingerprint density at radius 3 is 2.40 bits per heavy atom. The fourth-order valence-corrected chi connectivity index (χ4v) is 2.03. The number of nitrogens with zero attached hydrogens (tertiary/aromatic N) is 2. The summed E-state index contributed by atoms with van der Waals surface area (Å²) in [6.45, 7) is -0.517. The summed E-state index contributed by atoms with van der Waals surface area (Å²) in [4.78, 5) is 33.8. The van der Waals surface area contributed by atoms with Crippen LogP contribution in [0.25, 0.3) is 0 Å². The molecule has 0 aliphatic carbocycles. The Bertz CT molecular complexity index is 574. The van der Waals surface area contributed by atoms with Gasteiger partial charge in [0.15, 0.2) is 0 Å². The van der Waals surface area contributed by atoms with Crippen LogP contribution in [-0.4, -0.2) is 45.6 Å². The minimum atomic E-state index is -2.42. The summed E-state index contributed by atoms with van der Waals surface area (Å²) in [5.74, 6) is -2.13. The number of likely N-dealkylation sites (tertiary alicyclic amines) is 1. The number of benzene rings is 1. The second kappa shape index (κ2) is 4.87. The highest BCUT2D eigenvalue weighted by Crippen LogP contribution is 2.27. The fraction of sp³-hybridized carbons (Fsp3) is 0.333. The van der Waals surface area contributed by atoms with Gasteiger partial charge in [-0.3, -0.25) is 14.9 Å². The number of halogens is 1. The molecule has 1 N–H and O–H groups in total. The number of amides is 1. The summed E-state index contributed by atoms with van der Waals surface area (Å²) >= 11 is 0. The van der Waals surface area contributed by atoms with Crippen LogP contribution in [0.3, 0.4) is 0 Å². The molecule has 2 rings (SSSR count). The molecule has 1 aromatic rings. The molecular formula is C12H11FN2O5. The molecule has 1 amide bonds. The predicted octanol–water partition coefficient (Wildman–Crippen LogP) is 1.23. The predicted molar refractivity (Wildman–Crippen MR) is 65.1 cm³/mol. The Morgan fingerprint density at radius 2 is 1.95 bits per heavy atom. The van der Waals surface area contributed by atoms with Crippen LogP contribution in [0.4, 0.5) is 10.1 Å². The second-order valence-corrected chi connectivity index (χ2v) is 4.55. The van der Waals surface area contributed by atoms with Crippen molar-refractivity contribution in [2.45, 2.75) is 12.1 Å². The molecule has 1 aliphatic heterocycles. The second-order valence-electron chi connectivity index (χ2n) is 4.55. The molecule has 0 saturated carbocycles. The normalized spacial score (nSPS) is 21.8. The first-order chi connectivity index (χ1) is 9.33. The van der Waals surface area contributed by atoms with E-state index in [1.165, 1.54) is 24.3 Å². The molecule has 0 spiro atoms. The zero-order valence-electron chi connectivity index (χ0n) is 10.3. The molecule has 106 valence electrons. The number of carboxylic acids is 1. The summed E-state index contributed by atoms with van der Waals surface area (Å²) in [6, 6.07) is 4.87. The van der Waals surface area contributed by atoms with Crippen molar-refractivity contribution in [3.05, 3.63) is 39.9 Å². The minimum absolute atomic E-state index is 0.00137.